The van der Waals surface area contributed by atoms with Gasteiger partial charge in [0.25, 0.3) is 0 Å². The number of hydrogen-bond donors (Lipinski definition) is 2. The van der Waals surface area contributed by atoms with Crippen molar-refractivity contribution in [1.29, 1.82) is 0 Å². The third-order valence-corrected chi connectivity index (χ3v) is 3.57. The summed E-state index contributed by atoms with van der Waals surface area (Å²) in [4.78, 5) is 0. The molecule has 0 rings (SSSR count). The van der Waals surface area contributed by atoms with E-state index < -0.39 is 0 Å². The van der Waals surface area contributed by atoms with Gasteiger partial charge in [0.05, 0.1) is 0 Å². The molecule has 2 heteroatoms. The summed E-state index contributed by atoms with van der Waals surface area (Å²) in [6.45, 7) is 5.38. The van der Waals surface area contributed by atoms with Crippen molar-refractivity contribution in [3.8, 4) is 0 Å². The molecule has 0 aliphatic rings. The zero-order valence-corrected chi connectivity index (χ0v) is 11.4. The van der Waals surface area contributed by atoms with Crippen LogP contribution in [0.25, 0.3) is 0 Å². The van der Waals surface area contributed by atoms with E-state index in [0.29, 0.717) is 6.04 Å². The summed E-state index contributed by atoms with van der Waals surface area (Å²) >= 11 is 0. The van der Waals surface area contributed by atoms with Crippen molar-refractivity contribution in [2.24, 2.45) is 17.4 Å². The summed E-state index contributed by atoms with van der Waals surface area (Å²) in [5, 5.41) is 0. The standard InChI is InChI=1S/C14H32N2/c1-3-13(4-2)12-14(16)10-8-6-5-7-9-11-15/h13-14H,3-12,15-16H2,1-2H3. The average molecular weight is 228 g/mol. The van der Waals surface area contributed by atoms with Gasteiger partial charge in [0.15, 0.2) is 0 Å². The van der Waals surface area contributed by atoms with Crippen LogP contribution in [0, 0.1) is 5.92 Å². The Morgan fingerprint density at radius 1 is 0.875 bits per heavy atom. The Bertz CT molecular complexity index is 133. The van der Waals surface area contributed by atoms with Gasteiger partial charge < -0.3 is 11.5 Å². The molecular formula is C14H32N2. The van der Waals surface area contributed by atoms with Crippen LogP contribution in [0.2, 0.25) is 0 Å². The van der Waals surface area contributed by atoms with Crippen LogP contribution in [0.4, 0.5) is 0 Å². The Morgan fingerprint density at radius 3 is 2.00 bits per heavy atom. The lowest BCUT2D eigenvalue weighted by Gasteiger charge is -2.18. The molecule has 98 valence electrons. The molecule has 0 fully saturated rings. The molecular weight excluding hydrogens is 196 g/mol. The highest BCUT2D eigenvalue weighted by molar-refractivity contribution is 4.67. The molecule has 0 aliphatic heterocycles. The first-order valence-corrected chi connectivity index (χ1v) is 7.20. The fourth-order valence-corrected chi connectivity index (χ4v) is 2.25. The summed E-state index contributed by atoms with van der Waals surface area (Å²) in [6, 6.07) is 0.430. The molecule has 16 heavy (non-hydrogen) atoms. The Labute approximate surface area is 102 Å². The molecule has 0 saturated carbocycles. The lowest BCUT2D eigenvalue weighted by molar-refractivity contribution is 0.388. The van der Waals surface area contributed by atoms with Crippen LogP contribution in [0.5, 0.6) is 0 Å². The fraction of sp³-hybridized carbons (Fsp3) is 1.00. The van der Waals surface area contributed by atoms with E-state index in [1.165, 1.54) is 57.8 Å². The van der Waals surface area contributed by atoms with Gasteiger partial charge in [-0.1, -0.05) is 52.4 Å². The zero-order valence-electron chi connectivity index (χ0n) is 11.4. The minimum atomic E-state index is 0.430. The molecule has 0 spiro atoms. The molecule has 0 aromatic carbocycles. The van der Waals surface area contributed by atoms with E-state index in [9.17, 15) is 0 Å². The number of rotatable bonds is 11. The first-order valence-electron chi connectivity index (χ1n) is 7.20. The van der Waals surface area contributed by atoms with Gasteiger partial charge >= 0.3 is 0 Å². The van der Waals surface area contributed by atoms with Gasteiger partial charge in [0.2, 0.25) is 0 Å². The number of hydrogen-bond acceptors (Lipinski definition) is 2. The van der Waals surface area contributed by atoms with Crippen LogP contribution in [0.15, 0.2) is 0 Å². The van der Waals surface area contributed by atoms with Gasteiger partial charge in [-0.05, 0) is 31.7 Å². The van der Waals surface area contributed by atoms with Crippen LogP contribution >= 0.6 is 0 Å². The average Bonchev–Trinajstić information content (AvgIpc) is 2.30. The summed E-state index contributed by atoms with van der Waals surface area (Å²) < 4.78 is 0. The highest BCUT2D eigenvalue weighted by Crippen LogP contribution is 2.17. The third-order valence-electron chi connectivity index (χ3n) is 3.57. The highest BCUT2D eigenvalue weighted by Gasteiger charge is 2.09. The van der Waals surface area contributed by atoms with E-state index in [1.54, 1.807) is 0 Å². The predicted octanol–water partition coefficient (Wildman–Crippen LogP) is 3.44. The predicted molar refractivity (Wildman–Crippen MR) is 73.4 cm³/mol. The summed E-state index contributed by atoms with van der Waals surface area (Å²) in [5.41, 5.74) is 11.6. The van der Waals surface area contributed by atoms with E-state index >= 15 is 0 Å². The second kappa shape index (κ2) is 11.4. The monoisotopic (exact) mass is 228 g/mol. The van der Waals surface area contributed by atoms with Crippen molar-refractivity contribution >= 4 is 0 Å². The fourth-order valence-electron chi connectivity index (χ4n) is 2.25. The van der Waals surface area contributed by atoms with Crippen molar-refractivity contribution in [3.05, 3.63) is 0 Å². The second-order valence-corrected chi connectivity index (χ2v) is 5.02. The normalized spacial score (nSPS) is 13.3. The molecule has 0 heterocycles. The Kier molecular flexibility index (Phi) is 11.3. The van der Waals surface area contributed by atoms with Gasteiger partial charge in [0, 0.05) is 6.04 Å². The van der Waals surface area contributed by atoms with E-state index in [-0.39, 0.29) is 0 Å². The van der Waals surface area contributed by atoms with Crippen LogP contribution in [-0.4, -0.2) is 12.6 Å². The van der Waals surface area contributed by atoms with Crippen LogP contribution in [-0.2, 0) is 0 Å². The van der Waals surface area contributed by atoms with Gasteiger partial charge in [-0.15, -0.1) is 0 Å². The zero-order chi connectivity index (χ0) is 12.2. The molecule has 0 aromatic heterocycles. The molecule has 0 bridgehead atoms. The van der Waals surface area contributed by atoms with Crippen molar-refractivity contribution < 1.29 is 0 Å². The maximum atomic E-state index is 6.15. The van der Waals surface area contributed by atoms with Crippen molar-refractivity contribution in [2.75, 3.05) is 6.54 Å². The van der Waals surface area contributed by atoms with Crippen molar-refractivity contribution in [3.63, 3.8) is 0 Å². The first kappa shape index (κ1) is 15.9. The van der Waals surface area contributed by atoms with Crippen molar-refractivity contribution in [1.82, 2.24) is 0 Å². The van der Waals surface area contributed by atoms with Crippen LogP contribution < -0.4 is 11.5 Å². The van der Waals surface area contributed by atoms with Crippen LogP contribution in [0.1, 0.15) is 71.6 Å². The molecule has 0 saturated heterocycles. The maximum Gasteiger partial charge on any atom is 0.00414 e. The molecule has 2 nitrogen and oxygen atoms in total. The van der Waals surface area contributed by atoms with E-state index in [1.807, 2.05) is 0 Å². The summed E-state index contributed by atoms with van der Waals surface area (Å²) in [5.74, 6) is 0.840. The molecule has 0 aromatic rings. The smallest absolute Gasteiger partial charge is 0.00414 e. The van der Waals surface area contributed by atoms with Crippen LogP contribution in [0.3, 0.4) is 0 Å². The van der Waals surface area contributed by atoms with Gasteiger partial charge in [-0.25, -0.2) is 0 Å². The molecule has 0 aliphatic carbocycles. The third kappa shape index (κ3) is 9.17. The minimum absolute atomic E-state index is 0.430. The van der Waals surface area contributed by atoms with Gasteiger partial charge in [-0.2, -0.15) is 0 Å². The lowest BCUT2D eigenvalue weighted by atomic mass is 9.92. The maximum absolute atomic E-state index is 6.15. The summed E-state index contributed by atoms with van der Waals surface area (Å²) in [7, 11) is 0. The first-order chi connectivity index (χ1) is 7.74. The summed E-state index contributed by atoms with van der Waals surface area (Å²) in [6.07, 6.45) is 11.4. The Morgan fingerprint density at radius 2 is 1.44 bits per heavy atom. The molecule has 0 radical (unpaired) electrons. The molecule has 1 atom stereocenters. The number of nitrogens with two attached hydrogens (primary N) is 2. The van der Waals surface area contributed by atoms with Gasteiger partial charge in [-0.3, -0.25) is 0 Å². The largest absolute Gasteiger partial charge is 0.330 e. The molecule has 1 unspecified atom stereocenters. The highest BCUT2D eigenvalue weighted by atomic mass is 14.6. The Hall–Kier alpha value is -0.0800. The molecule has 4 N–H and O–H groups in total. The molecule has 0 amide bonds. The minimum Gasteiger partial charge on any atom is -0.330 e. The second-order valence-electron chi connectivity index (χ2n) is 5.02. The SMILES string of the molecule is CCC(CC)CC(N)CCCCCCCN. The number of unbranched alkanes of at least 4 members (excludes halogenated alkanes) is 4. The van der Waals surface area contributed by atoms with Gasteiger partial charge in [0.1, 0.15) is 0 Å². The quantitative estimate of drug-likeness (QED) is 0.532. The van der Waals surface area contributed by atoms with E-state index in [4.69, 9.17) is 11.5 Å². The lowest BCUT2D eigenvalue weighted by Crippen LogP contribution is -2.23. The van der Waals surface area contributed by atoms with E-state index in [0.717, 1.165) is 12.5 Å². The topological polar surface area (TPSA) is 52.0 Å². The van der Waals surface area contributed by atoms with Crippen molar-refractivity contribution in [2.45, 2.75) is 77.7 Å². The Balaban J connectivity index is 3.32. The van der Waals surface area contributed by atoms with E-state index in [2.05, 4.69) is 13.8 Å².